The molecule has 0 radical (unpaired) electrons. The summed E-state index contributed by atoms with van der Waals surface area (Å²) >= 11 is 0. The molecule has 1 amide bonds. The van der Waals surface area contributed by atoms with Gasteiger partial charge in [0.1, 0.15) is 12.1 Å². The molecule has 0 unspecified atom stereocenters. The molecule has 27 heavy (non-hydrogen) atoms. The highest BCUT2D eigenvalue weighted by Crippen LogP contribution is 2.28. The Morgan fingerprint density at radius 2 is 1.93 bits per heavy atom. The molecule has 2 heterocycles. The van der Waals surface area contributed by atoms with Crippen molar-refractivity contribution in [2.45, 2.75) is 33.1 Å². The maximum Gasteiger partial charge on any atom is 0.227 e. The van der Waals surface area contributed by atoms with Gasteiger partial charge in [-0.05, 0) is 57.0 Å². The van der Waals surface area contributed by atoms with Crippen LogP contribution in [0.5, 0.6) is 11.6 Å². The first-order chi connectivity index (χ1) is 13.1. The quantitative estimate of drug-likeness (QED) is 0.745. The van der Waals surface area contributed by atoms with E-state index in [4.69, 9.17) is 4.74 Å². The number of rotatable bonds is 5. The molecule has 1 aliphatic rings. The van der Waals surface area contributed by atoms with Crippen molar-refractivity contribution in [3.05, 3.63) is 54.1 Å². The molecule has 2 aromatic heterocycles. The minimum Gasteiger partial charge on any atom is -0.439 e. The Morgan fingerprint density at radius 1 is 1.15 bits per heavy atom. The highest BCUT2D eigenvalue weighted by molar-refractivity contribution is 5.93. The highest BCUT2D eigenvalue weighted by Gasteiger charge is 2.25. The number of ether oxygens (including phenoxy) is 1. The molecule has 0 atom stereocenters. The van der Waals surface area contributed by atoms with Crippen LogP contribution in [0.4, 0.5) is 5.69 Å². The number of amides is 1. The topological polar surface area (TPSA) is 81.9 Å². The maximum absolute atomic E-state index is 12.0. The molecule has 7 nitrogen and oxygen atoms in total. The van der Waals surface area contributed by atoms with Crippen molar-refractivity contribution in [3.63, 3.8) is 0 Å². The van der Waals surface area contributed by atoms with E-state index in [2.05, 4.69) is 20.4 Å². The zero-order valence-corrected chi connectivity index (χ0v) is 15.3. The molecule has 7 heteroatoms. The fourth-order valence-electron chi connectivity index (χ4n) is 3.00. The third kappa shape index (κ3) is 3.81. The van der Waals surface area contributed by atoms with Crippen molar-refractivity contribution in [2.24, 2.45) is 5.92 Å². The minimum absolute atomic E-state index is 0.0975. The van der Waals surface area contributed by atoms with Crippen LogP contribution in [0.2, 0.25) is 0 Å². The van der Waals surface area contributed by atoms with E-state index in [9.17, 15) is 4.79 Å². The standard InChI is InChI=1S/C20H21N5O2/c1-13-10-14(2)25(24-13)18-11-19(22-12-21-18)27-17-8-6-16(7-9-17)23-20(26)15-4-3-5-15/h6-12,15H,3-5H2,1-2H3,(H,23,26). The zero-order valence-electron chi connectivity index (χ0n) is 15.3. The predicted octanol–water partition coefficient (Wildman–Crippen LogP) is 3.81. The van der Waals surface area contributed by atoms with E-state index < -0.39 is 0 Å². The lowest BCUT2D eigenvalue weighted by molar-refractivity contribution is -0.122. The number of hydrogen-bond donors (Lipinski definition) is 1. The fraction of sp³-hybridized carbons (Fsp3) is 0.300. The van der Waals surface area contributed by atoms with Crippen LogP contribution in [0.25, 0.3) is 5.82 Å². The second-order valence-corrected chi connectivity index (χ2v) is 6.80. The number of aryl methyl sites for hydroxylation is 2. The fourth-order valence-corrected chi connectivity index (χ4v) is 3.00. The number of nitrogens with one attached hydrogen (secondary N) is 1. The van der Waals surface area contributed by atoms with E-state index in [-0.39, 0.29) is 11.8 Å². The van der Waals surface area contributed by atoms with Crippen LogP contribution in [0.1, 0.15) is 30.7 Å². The Labute approximate surface area is 157 Å². The smallest absolute Gasteiger partial charge is 0.227 e. The monoisotopic (exact) mass is 363 g/mol. The molecule has 1 aliphatic carbocycles. The van der Waals surface area contributed by atoms with E-state index >= 15 is 0 Å². The zero-order chi connectivity index (χ0) is 18.8. The van der Waals surface area contributed by atoms with E-state index in [1.54, 1.807) is 10.7 Å². The molecule has 0 aliphatic heterocycles. The number of carbonyl (C=O) groups is 1. The SMILES string of the molecule is Cc1cc(C)n(-c2cc(Oc3ccc(NC(=O)C4CCC4)cc3)ncn2)n1. The van der Waals surface area contributed by atoms with E-state index in [0.29, 0.717) is 17.4 Å². The Balaban J connectivity index is 1.45. The van der Waals surface area contributed by atoms with Gasteiger partial charge in [0.25, 0.3) is 0 Å². The number of aromatic nitrogens is 4. The summed E-state index contributed by atoms with van der Waals surface area (Å²) in [6.07, 6.45) is 4.56. The highest BCUT2D eigenvalue weighted by atomic mass is 16.5. The van der Waals surface area contributed by atoms with Gasteiger partial charge in [-0.1, -0.05) is 6.42 Å². The normalized spacial score (nSPS) is 13.9. The minimum atomic E-state index is 0.0975. The second kappa shape index (κ2) is 7.19. The van der Waals surface area contributed by atoms with E-state index in [1.807, 2.05) is 44.2 Å². The summed E-state index contributed by atoms with van der Waals surface area (Å²) < 4.78 is 7.57. The molecule has 1 N–H and O–H groups in total. The number of nitrogens with zero attached hydrogens (tertiary/aromatic N) is 4. The number of carbonyl (C=O) groups excluding carboxylic acids is 1. The molecular weight excluding hydrogens is 342 g/mol. The average molecular weight is 363 g/mol. The predicted molar refractivity (Wildman–Crippen MR) is 101 cm³/mol. The third-order valence-electron chi connectivity index (χ3n) is 4.67. The summed E-state index contributed by atoms with van der Waals surface area (Å²) in [6.45, 7) is 3.91. The van der Waals surface area contributed by atoms with Gasteiger partial charge in [-0.15, -0.1) is 0 Å². The first kappa shape index (κ1) is 17.2. The Bertz CT molecular complexity index is 961. The molecule has 0 bridgehead atoms. The first-order valence-corrected chi connectivity index (χ1v) is 9.03. The average Bonchev–Trinajstić information content (AvgIpc) is 2.94. The molecule has 3 aromatic rings. The molecular formula is C20H21N5O2. The van der Waals surface area contributed by atoms with Crippen LogP contribution in [0, 0.1) is 19.8 Å². The van der Waals surface area contributed by atoms with E-state index in [0.717, 1.165) is 36.3 Å². The molecule has 1 saturated carbocycles. The lowest BCUT2D eigenvalue weighted by Crippen LogP contribution is -2.27. The van der Waals surface area contributed by atoms with Crippen molar-refractivity contribution in [2.75, 3.05) is 5.32 Å². The number of anilines is 1. The van der Waals surface area contributed by atoms with E-state index in [1.165, 1.54) is 6.33 Å². The molecule has 138 valence electrons. The van der Waals surface area contributed by atoms with Gasteiger partial charge in [0.15, 0.2) is 5.82 Å². The third-order valence-corrected chi connectivity index (χ3v) is 4.67. The van der Waals surface area contributed by atoms with Crippen LogP contribution in [0.3, 0.4) is 0 Å². The molecule has 0 spiro atoms. The molecule has 1 aromatic carbocycles. The maximum atomic E-state index is 12.0. The summed E-state index contributed by atoms with van der Waals surface area (Å²) in [7, 11) is 0. The van der Waals surface area contributed by atoms with Crippen LogP contribution in [-0.2, 0) is 4.79 Å². The van der Waals surface area contributed by atoms with Crippen molar-refractivity contribution in [1.29, 1.82) is 0 Å². The summed E-state index contributed by atoms with van der Waals surface area (Å²) in [4.78, 5) is 20.4. The van der Waals surface area contributed by atoms with Crippen molar-refractivity contribution >= 4 is 11.6 Å². The lowest BCUT2D eigenvalue weighted by atomic mass is 9.85. The summed E-state index contributed by atoms with van der Waals surface area (Å²) in [5.74, 6) is 1.97. The van der Waals surface area contributed by atoms with Gasteiger partial charge in [-0.3, -0.25) is 4.79 Å². The van der Waals surface area contributed by atoms with Crippen LogP contribution >= 0.6 is 0 Å². The Kier molecular flexibility index (Phi) is 4.58. The van der Waals surface area contributed by atoms with Gasteiger partial charge >= 0.3 is 0 Å². The summed E-state index contributed by atoms with van der Waals surface area (Å²) in [5.41, 5.74) is 2.68. The van der Waals surface area contributed by atoms with Gasteiger partial charge in [0.2, 0.25) is 11.8 Å². The van der Waals surface area contributed by atoms with Crippen LogP contribution < -0.4 is 10.1 Å². The van der Waals surface area contributed by atoms with Gasteiger partial charge < -0.3 is 10.1 Å². The number of hydrogen-bond acceptors (Lipinski definition) is 5. The number of benzene rings is 1. The Hall–Kier alpha value is -3.22. The lowest BCUT2D eigenvalue weighted by Gasteiger charge is -2.24. The molecule has 4 rings (SSSR count). The van der Waals surface area contributed by atoms with Gasteiger partial charge in [-0.2, -0.15) is 5.10 Å². The van der Waals surface area contributed by atoms with Crippen LogP contribution in [0.15, 0.2) is 42.7 Å². The van der Waals surface area contributed by atoms with Crippen molar-refractivity contribution in [1.82, 2.24) is 19.7 Å². The molecule has 0 saturated heterocycles. The van der Waals surface area contributed by atoms with Gasteiger partial charge in [0.05, 0.1) is 5.69 Å². The van der Waals surface area contributed by atoms with Gasteiger partial charge in [-0.25, -0.2) is 14.6 Å². The summed E-state index contributed by atoms with van der Waals surface area (Å²) in [5, 5.41) is 7.37. The van der Waals surface area contributed by atoms with Gasteiger partial charge in [0, 0.05) is 23.4 Å². The first-order valence-electron chi connectivity index (χ1n) is 9.03. The van der Waals surface area contributed by atoms with Crippen molar-refractivity contribution in [3.8, 4) is 17.4 Å². The second-order valence-electron chi connectivity index (χ2n) is 6.80. The Morgan fingerprint density at radius 3 is 2.56 bits per heavy atom. The largest absolute Gasteiger partial charge is 0.439 e. The van der Waals surface area contributed by atoms with Crippen LogP contribution in [-0.4, -0.2) is 25.7 Å². The summed E-state index contributed by atoms with van der Waals surface area (Å²) in [6, 6.07) is 11.0. The molecule has 1 fully saturated rings. The van der Waals surface area contributed by atoms with Crippen molar-refractivity contribution < 1.29 is 9.53 Å².